The number of nitrogens with zero attached hydrogens (tertiary/aromatic N) is 1. The number of carbonyl (C=O) groups excluding carboxylic acids is 1. The molecule has 1 amide bonds. The third kappa shape index (κ3) is 3.72. The minimum Gasteiger partial charge on any atom is -0.493 e. The molecule has 110 valence electrons. The van der Waals surface area contributed by atoms with Crippen LogP contribution in [0.4, 0.5) is 5.82 Å². The van der Waals surface area contributed by atoms with Crippen molar-refractivity contribution in [3.63, 3.8) is 0 Å². The van der Waals surface area contributed by atoms with Gasteiger partial charge in [0.2, 0.25) is 5.91 Å². The maximum atomic E-state index is 12.1. The highest BCUT2D eigenvalue weighted by molar-refractivity contribution is 5.92. The van der Waals surface area contributed by atoms with Gasteiger partial charge in [-0.05, 0) is 36.2 Å². The summed E-state index contributed by atoms with van der Waals surface area (Å²) < 4.78 is 10.4. The smallest absolute Gasteiger partial charge is 0.229 e. The molecule has 1 aromatic carbocycles. The van der Waals surface area contributed by atoms with Gasteiger partial charge in [-0.2, -0.15) is 0 Å². The zero-order chi connectivity index (χ0) is 15.2. The Morgan fingerprint density at radius 1 is 1.19 bits per heavy atom. The van der Waals surface area contributed by atoms with Crippen LogP contribution in [0.5, 0.6) is 11.5 Å². The standard InChI is InChI=1S/C16H18N2O3/c1-11-5-4-8-17-16(11)18-15(19)10-12-6-7-13(20-2)14(9-12)21-3/h4-9H,10H2,1-3H3,(H,17,18,19). The fourth-order valence-electron chi connectivity index (χ4n) is 1.97. The van der Waals surface area contributed by atoms with E-state index < -0.39 is 0 Å². The van der Waals surface area contributed by atoms with Crippen LogP contribution < -0.4 is 14.8 Å². The second-order valence-electron chi connectivity index (χ2n) is 4.58. The minimum absolute atomic E-state index is 0.121. The number of rotatable bonds is 5. The molecule has 1 aromatic heterocycles. The van der Waals surface area contributed by atoms with Crippen molar-refractivity contribution >= 4 is 11.7 Å². The van der Waals surface area contributed by atoms with Crippen LogP contribution in [-0.2, 0) is 11.2 Å². The lowest BCUT2D eigenvalue weighted by Crippen LogP contribution is -2.16. The topological polar surface area (TPSA) is 60.5 Å². The van der Waals surface area contributed by atoms with Gasteiger partial charge in [0.1, 0.15) is 5.82 Å². The van der Waals surface area contributed by atoms with E-state index in [2.05, 4.69) is 10.3 Å². The molecule has 2 aromatic rings. The summed E-state index contributed by atoms with van der Waals surface area (Å²) in [5, 5.41) is 2.80. The second-order valence-corrected chi connectivity index (χ2v) is 4.58. The summed E-state index contributed by atoms with van der Waals surface area (Å²) in [6, 6.07) is 9.15. The van der Waals surface area contributed by atoms with Crippen molar-refractivity contribution in [1.29, 1.82) is 0 Å². The summed E-state index contributed by atoms with van der Waals surface area (Å²) in [4.78, 5) is 16.2. The van der Waals surface area contributed by atoms with Crippen molar-refractivity contribution in [2.24, 2.45) is 0 Å². The molecule has 0 aliphatic rings. The first kappa shape index (κ1) is 14.8. The Bertz CT molecular complexity index is 641. The molecular formula is C16H18N2O3. The normalized spacial score (nSPS) is 10.0. The van der Waals surface area contributed by atoms with E-state index in [0.29, 0.717) is 17.3 Å². The SMILES string of the molecule is COc1ccc(CC(=O)Nc2ncccc2C)cc1OC. The van der Waals surface area contributed by atoms with Crippen LogP contribution in [0.3, 0.4) is 0 Å². The maximum Gasteiger partial charge on any atom is 0.229 e. The second kappa shape index (κ2) is 6.74. The van der Waals surface area contributed by atoms with E-state index in [0.717, 1.165) is 11.1 Å². The molecule has 21 heavy (non-hydrogen) atoms. The lowest BCUT2D eigenvalue weighted by Gasteiger charge is -2.10. The molecule has 0 saturated heterocycles. The molecule has 2 rings (SSSR count). The van der Waals surface area contributed by atoms with Crippen molar-refractivity contribution in [3.8, 4) is 11.5 Å². The van der Waals surface area contributed by atoms with Crippen molar-refractivity contribution < 1.29 is 14.3 Å². The first-order valence-electron chi connectivity index (χ1n) is 6.56. The summed E-state index contributed by atoms with van der Waals surface area (Å²) in [6.45, 7) is 1.90. The molecule has 0 aliphatic carbocycles. The number of carbonyl (C=O) groups is 1. The van der Waals surface area contributed by atoms with E-state index in [1.807, 2.05) is 25.1 Å². The molecule has 0 fully saturated rings. The summed E-state index contributed by atoms with van der Waals surface area (Å²) in [6.07, 6.45) is 1.90. The first-order chi connectivity index (χ1) is 10.1. The third-order valence-electron chi connectivity index (χ3n) is 3.08. The Balaban J connectivity index is 2.08. The Hall–Kier alpha value is -2.56. The van der Waals surface area contributed by atoms with Crippen LogP contribution >= 0.6 is 0 Å². The van der Waals surface area contributed by atoms with E-state index in [4.69, 9.17) is 9.47 Å². The van der Waals surface area contributed by atoms with Crippen molar-refractivity contribution in [2.75, 3.05) is 19.5 Å². The Kier molecular flexibility index (Phi) is 4.77. The number of amides is 1. The predicted octanol–water partition coefficient (Wildman–Crippen LogP) is 2.59. The molecule has 0 radical (unpaired) electrons. The zero-order valence-corrected chi connectivity index (χ0v) is 12.3. The van der Waals surface area contributed by atoms with Gasteiger partial charge in [0.15, 0.2) is 11.5 Å². The van der Waals surface area contributed by atoms with E-state index in [1.54, 1.807) is 32.5 Å². The Morgan fingerprint density at radius 3 is 2.62 bits per heavy atom. The highest BCUT2D eigenvalue weighted by Gasteiger charge is 2.09. The molecule has 5 nitrogen and oxygen atoms in total. The number of nitrogens with one attached hydrogen (secondary N) is 1. The average molecular weight is 286 g/mol. The number of hydrogen-bond donors (Lipinski definition) is 1. The Morgan fingerprint density at radius 2 is 1.95 bits per heavy atom. The number of benzene rings is 1. The van der Waals surface area contributed by atoms with Gasteiger partial charge in [-0.3, -0.25) is 4.79 Å². The number of methoxy groups -OCH3 is 2. The van der Waals surface area contributed by atoms with E-state index in [9.17, 15) is 4.79 Å². The predicted molar refractivity (Wildman–Crippen MR) is 80.9 cm³/mol. The summed E-state index contributed by atoms with van der Waals surface area (Å²) in [7, 11) is 3.15. The average Bonchev–Trinajstić information content (AvgIpc) is 2.49. The monoisotopic (exact) mass is 286 g/mol. The van der Waals surface area contributed by atoms with Crippen LogP contribution in [0, 0.1) is 6.92 Å². The quantitative estimate of drug-likeness (QED) is 0.917. The number of hydrogen-bond acceptors (Lipinski definition) is 4. The highest BCUT2D eigenvalue weighted by atomic mass is 16.5. The molecule has 0 bridgehead atoms. The first-order valence-corrected chi connectivity index (χ1v) is 6.56. The van der Waals surface area contributed by atoms with Gasteiger partial charge in [0.05, 0.1) is 20.6 Å². The van der Waals surface area contributed by atoms with E-state index >= 15 is 0 Å². The fraction of sp³-hybridized carbons (Fsp3) is 0.250. The van der Waals surface area contributed by atoms with E-state index in [1.165, 1.54) is 0 Å². The molecule has 5 heteroatoms. The number of ether oxygens (including phenoxy) is 2. The van der Waals surface area contributed by atoms with Crippen LogP contribution in [0.1, 0.15) is 11.1 Å². The molecule has 1 heterocycles. The van der Waals surface area contributed by atoms with Crippen molar-refractivity contribution in [2.45, 2.75) is 13.3 Å². The van der Waals surface area contributed by atoms with Crippen LogP contribution in [0.25, 0.3) is 0 Å². The van der Waals surface area contributed by atoms with Gasteiger partial charge in [-0.1, -0.05) is 12.1 Å². The van der Waals surface area contributed by atoms with Crippen LogP contribution in [-0.4, -0.2) is 25.1 Å². The van der Waals surface area contributed by atoms with Crippen molar-refractivity contribution in [3.05, 3.63) is 47.7 Å². The van der Waals surface area contributed by atoms with E-state index in [-0.39, 0.29) is 12.3 Å². The van der Waals surface area contributed by atoms with Gasteiger partial charge in [-0.25, -0.2) is 4.98 Å². The Labute approximate surface area is 123 Å². The van der Waals surface area contributed by atoms with Crippen LogP contribution in [0.2, 0.25) is 0 Å². The van der Waals surface area contributed by atoms with Crippen molar-refractivity contribution in [1.82, 2.24) is 4.98 Å². The number of aryl methyl sites for hydroxylation is 1. The van der Waals surface area contributed by atoms with Gasteiger partial charge >= 0.3 is 0 Å². The number of pyridine rings is 1. The number of aromatic nitrogens is 1. The molecule has 0 saturated carbocycles. The molecule has 1 N–H and O–H groups in total. The van der Waals surface area contributed by atoms with Gasteiger partial charge in [0, 0.05) is 6.20 Å². The van der Waals surface area contributed by atoms with Crippen LogP contribution in [0.15, 0.2) is 36.5 Å². The fourth-order valence-corrected chi connectivity index (χ4v) is 1.97. The minimum atomic E-state index is -0.121. The molecular weight excluding hydrogens is 268 g/mol. The summed E-state index contributed by atoms with van der Waals surface area (Å²) in [5.41, 5.74) is 1.77. The summed E-state index contributed by atoms with van der Waals surface area (Å²) in [5.74, 6) is 1.71. The third-order valence-corrected chi connectivity index (χ3v) is 3.08. The lowest BCUT2D eigenvalue weighted by molar-refractivity contribution is -0.115. The molecule has 0 atom stereocenters. The van der Waals surface area contributed by atoms with Gasteiger partial charge in [-0.15, -0.1) is 0 Å². The highest BCUT2D eigenvalue weighted by Crippen LogP contribution is 2.27. The molecule has 0 unspecified atom stereocenters. The maximum absolute atomic E-state index is 12.1. The summed E-state index contributed by atoms with van der Waals surface area (Å²) >= 11 is 0. The lowest BCUT2D eigenvalue weighted by atomic mass is 10.1. The number of anilines is 1. The van der Waals surface area contributed by atoms with Gasteiger partial charge in [0.25, 0.3) is 0 Å². The molecule has 0 spiro atoms. The van der Waals surface area contributed by atoms with Gasteiger partial charge < -0.3 is 14.8 Å². The zero-order valence-electron chi connectivity index (χ0n) is 12.3. The largest absolute Gasteiger partial charge is 0.493 e. The molecule has 0 aliphatic heterocycles.